The van der Waals surface area contributed by atoms with Crippen molar-refractivity contribution in [2.24, 2.45) is 5.92 Å². The zero-order chi connectivity index (χ0) is 14.0. The highest BCUT2D eigenvalue weighted by atomic mass is 16.4. The number of rotatable bonds is 3. The van der Waals surface area contributed by atoms with Crippen LogP contribution in [0, 0.1) is 5.92 Å². The first-order chi connectivity index (χ1) is 9.02. The fraction of sp³-hybridized carbons (Fsp3) is 0.533. The van der Waals surface area contributed by atoms with Gasteiger partial charge in [0.1, 0.15) is 0 Å². The van der Waals surface area contributed by atoms with Gasteiger partial charge < -0.3 is 15.7 Å². The number of hydrogen-bond acceptors (Lipinski definition) is 3. The van der Waals surface area contributed by atoms with Crippen LogP contribution in [-0.4, -0.2) is 24.2 Å². The Kier molecular flexibility index (Phi) is 3.98. The van der Waals surface area contributed by atoms with Gasteiger partial charge in [0, 0.05) is 13.1 Å². The van der Waals surface area contributed by atoms with E-state index in [1.807, 2.05) is 13.1 Å². The van der Waals surface area contributed by atoms with Crippen molar-refractivity contribution in [2.75, 3.05) is 17.7 Å². The average Bonchev–Trinajstić information content (AvgIpc) is 2.38. The maximum absolute atomic E-state index is 11.1. The Morgan fingerprint density at radius 2 is 2.05 bits per heavy atom. The van der Waals surface area contributed by atoms with E-state index in [1.165, 1.54) is 19.3 Å². The molecule has 1 aliphatic carbocycles. The minimum Gasteiger partial charge on any atom is -0.478 e. The predicted molar refractivity (Wildman–Crippen MR) is 77.6 cm³/mol. The molecule has 1 aliphatic rings. The maximum atomic E-state index is 11.1. The number of aromatic carboxylic acids is 1. The molecule has 1 fully saturated rings. The van der Waals surface area contributed by atoms with Crippen LogP contribution in [0.15, 0.2) is 18.2 Å². The third kappa shape index (κ3) is 2.67. The minimum atomic E-state index is -0.968. The average molecular weight is 262 g/mol. The van der Waals surface area contributed by atoms with Gasteiger partial charge in [-0.25, -0.2) is 4.79 Å². The van der Waals surface area contributed by atoms with E-state index in [0.717, 1.165) is 12.1 Å². The molecule has 0 spiro atoms. The molecule has 2 rings (SSSR count). The van der Waals surface area contributed by atoms with Crippen LogP contribution in [0.25, 0.3) is 0 Å². The number of nitrogen functional groups attached to an aromatic ring is 1. The molecular formula is C15H22N2O2. The van der Waals surface area contributed by atoms with Crippen molar-refractivity contribution >= 4 is 17.3 Å². The number of nitrogens with zero attached hydrogens (tertiary/aromatic N) is 1. The zero-order valence-electron chi connectivity index (χ0n) is 11.6. The van der Waals surface area contributed by atoms with E-state index in [1.54, 1.807) is 12.1 Å². The number of nitrogens with two attached hydrogens (primary N) is 1. The predicted octanol–water partition coefficient (Wildman–Crippen LogP) is 2.98. The zero-order valence-corrected chi connectivity index (χ0v) is 11.6. The standard InChI is InChI=1S/C15H22N2O2/c1-10-6-3-4-8-12(10)17(2)13-9-5-7-11(14(13)16)15(18)19/h5,7,9-10,12H,3-4,6,8,16H2,1-2H3,(H,18,19). The second kappa shape index (κ2) is 5.51. The molecule has 2 unspecified atom stereocenters. The normalized spacial score (nSPS) is 23.1. The van der Waals surface area contributed by atoms with Crippen LogP contribution in [0.5, 0.6) is 0 Å². The summed E-state index contributed by atoms with van der Waals surface area (Å²) in [5.41, 5.74) is 7.41. The summed E-state index contributed by atoms with van der Waals surface area (Å²) in [6.07, 6.45) is 4.90. The summed E-state index contributed by atoms with van der Waals surface area (Å²) in [6, 6.07) is 5.67. The quantitative estimate of drug-likeness (QED) is 0.822. The molecule has 4 nitrogen and oxygen atoms in total. The van der Waals surface area contributed by atoms with E-state index < -0.39 is 5.97 Å². The van der Waals surface area contributed by atoms with Crippen LogP contribution in [0.2, 0.25) is 0 Å². The number of carboxylic acid groups (broad SMARTS) is 1. The molecule has 0 heterocycles. The summed E-state index contributed by atoms with van der Waals surface area (Å²) >= 11 is 0. The van der Waals surface area contributed by atoms with Crippen molar-refractivity contribution < 1.29 is 9.90 Å². The highest BCUT2D eigenvalue weighted by Gasteiger charge is 2.26. The molecule has 1 aromatic carbocycles. The van der Waals surface area contributed by atoms with Gasteiger partial charge in [0.15, 0.2) is 0 Å². The maximum Gasteiger partial charge on any atom is 0.337 e. The van der Waals surface area contributed by atoms with Crippen LogP contribution in [0.3, 0.4) is 0 Å². The number of anilines is 2. The Labute approximate surface area is 114 Å². The van der Waals surface area contributed by atoms with Gasteiger partial charge in [-0.2, -0.15) is 0 Å². The topological polar surface area (TPSA) is 66.6 Å². The van der Waals surface area contributed by atoms with Crippen molar-refractivity contribution in [3.8, 4) is 0 Å². The third-order valence-corrected chi connectivity index (χ3v) is 4.26. The molecule has 2 atom stereocenters. The largest absolute Gasteiger partial charge is 0.478 e. The fourth-order valence-corrected chi connectivity index (χ4v) is 3.10. The molecule has 0 bridgehead atoms. The second-order valence-electron chi connectivity index (χ2n) is 5.48. The van der Waals surface area contributed by atoms with Gasteiger partial charge in [-0.05, 0) is 30.9 Å². The molecule has 19 heavy (non-hydrogen) atoms. The molecule has 4 heteroatoms. The summed E-state index contributed by atoms with van der Waals surface area (Å²) in [6.45, 7) is 2.26. The van der Waals surface area contributed by atoms with Gasteiger partial charge >= 0.3 is 5.97 Å². The van der Waals surface area contributed by atoms with Crippen LogP contribution in [0.4, 0.5) is 11.4 Å². The number of carbonyl (C=O) groups is 1. The number of carboxylic acids is 1. The lowest BCUT2D eigenvalue weighted by Crippen LogP contribution is -2.39. The van der Waals surface area contributed by atoms with E-state index in [4.69, 9.17) is 10.8 Å². The molecule has 1 aromatic rings. The van der Waals surface area contributed by atoms with E-state index in [0.29, 0.717) is 17.6 Å². The highest BCUT2D eigenvalue weighted by Crippen LogP contribution is 2.34. The van der Waals surface area contributed by atoms with Crippen LogP contribution >= 0.6 is 0 Å². The molecule has 104 valence electrons. The Morgan fingerprint density at radius 1 is 1.37 bits per heavy atom. The van der Waals surface area contributed by atoms with Crippen LogP contribution in [0.1, 0.15) is 43.0 Å². The molecule has 0 aliphatic heterocycles. The first kappa shape index (κ1) is 13.7. The highest BCUT2D eigenvalue weighted by molar-refractivity contribution is 5.97. The molecule has 0 aromatic heterocycles. The monoisotopic (exact) mass is 262 g/mol. The van der Waals surface area contributed by atoms with Crippen LogP contribution < -0.4 is 10.6 Å². The number of para-hydroxylation sites is 1. The van der Waals surface area contributed by atoms with Gasteiger partial charge in [0.2, 0.25) is 0 Å². The number of benzene rings is 1. The summed E-state index contributed by atoms with van der Waals surface area (Å²) in [4.78, 5) is 13.3. The fourth-order valence-electron chi connectivity index (χ4n) is 3.10. The lowest BCUT2D eigenvalue weighted by molar-refractivity contribution is 0.0698. The van der Waals surface area contributed by atoms with Crippen molar-refractivity contribution in [1.29, 1.82) is 0 Å². The first-order valence-corrected chi connectivity index (χ1v) is 6.87. The van der Waals surface area contributed by atoms with Gasteiger partial charge in [-0.3, -0.25) is 0 Å². The smallest absolute Gasteiger partial charge is 0.337 e. The lowest BCUT2D eigenvalue weighted by Gasteiger charge is -2.38. The van der Waals surface area contributed by atoms with Crippen molar-refractivity contribution in [3.63, 3.8) is 0 Å². The molecule has 1 saturated carbocycles. The first-order valence-electron chi connectivity index (χ1n) is 6.87. The molecule has 3 N–H and O–H groups in total. The van der Waals surface area contributed by atoms with Gasteiger partial charge in [0.05, 0.1) is 16.9 Å². The summed E-state index contributed by atoms with van der Waals surface area (Å²) in [5.74, 6) is -0.351. The van der Waals surface area contributed by atoms with Crippen molar-refractivity contribution in [2.45, 2.75) is 38.6 Å². The SMILES string of the molecule is CC1CCCCC1N(C)c1cccc(C(=O)O)c1N. The van der Waals surface area contributed by atoms with Gasteiger partial charge in [0.25, 0.3) is 0 Å². The van der Waals surface area contributed by atoms with E-state index >= 15 is 0 Å². The lowest BCUT2D eigenvalue weighted by atomic mass is 9.85. The van der Waals surface area contributed by atoms with Crippen molar-refractivity contribution in [1.82, 2.24) is 0 Å². The van der Waals surface area contributed by atoms with Crippen molar-refractivity contribution in [3.05, 3.63) is 23.8 Å². The second-order valence-corrected chi connectivity index (χ2v) is 5.48. The van der Waals surface area contributed by atoms with Gasteiger partial charge in [-0.15, -0.1) is 0 Å². The number of hydrogen-bond donors (Lipinski definition) is 2. The summed E-state index contributed by atoms with van der Waals surface area (Å²) in [7, 11) is 2.02. The molecular weight excluding hydrogens is 240 g/mol. The Morgan fingerprint density at radius 3 is 2.68 bits per heavy atom. The minimum absolute atomic E-state index is 0.188. The molecule has 0 saturated heterocycles. The van der Waals surface area contributed by atoms with E-state index in [-0.39, 0.29) is 5.56 Å². The Balaban J connectivity index is 2.30. The molecule has 0 radical (unpaired) electrons. The molecule has 0 amide bonds. The van der Waals surface area contributed by atoms with Gasteiger partial charge in [-0.1, -0.05) is 25.8 Å². The van der Waals surface area contributed by atoms with E-state index in [9.17, 15) is 4.79 Å². The Hall–Kier alpha value is -1.71. The third-order valence-electron chi connectivity index (χ3n) is 4.26. The van der Waals surface area contributed by atoms with Crippen LogP contribution in [-0.2, 0) is 0 Å². The summed E-state index contributed by atoms with van der Waals surface area (Å²) < 4.78 is 0. The summed E-state index contributed by atoms with van der Waals surface area (Å²) in [5, 5.41) is 9.14. The van der Waals surface area contributed by atoms with E-state index in [2.05, 4.69) is 11.8 Å². The Bertz CT molecular complexity index is 473.